The molecule has 0 aliphatic carbocycles. The minimum absolute atomic E-state index is 0.0601. The molecule has 3 rings (SSSR count). The van der Waals surface area contributed by atoms with E-state index in [1.807, 2.05) is 31.2 Å². The molecule has 1 aromatic heterocycles. The molecule has 24 heavy (non-hydrogen) atoms. The zero-order valence-corrected chi connectivity index (χ0v) is 15.5. The van der Waals surface area contributed by atoms with Crippen LogP contribution in [0.3, 0.4) is 0 Å². The van der Waals surface area contributed by atoms with Gasteiger partial charge < -0.3 is 5.32 Å². The number of anilines is 1. The zero-order valence-electron chi connectivity index (χ0n) is 13.9. The first-order valence-corrected chi connectivity index (χ1v) is 9.07. The van der Waals surface area contributed by atoms with Crippen molar-refractivity contribution in [2.45, 2.75) is 33.1 Å². The molecule has 0 unspecified atom stereocenters. The van der Waals surface area contributed by atoms with Crippen molar-refractivity contribution in [2.24, 2.45) is 0 Å². The largest absolute Gasteiger partial charge is 0.302 e. The van der Waals surface area contributed by atoms with Gasteiger partial charge in [0.1, 0.15) is 0 Å². The number of nitrogens with one attached hydrogen (secondary N) is 1. The number of halogens is 1. The number of rotatable bonds is 4. The maximum absolute atomic E-state index is 12.3. The number of benzene rings is 2. The molecule has 1 N–H and O–H groups in total. The highest BCUT2D eigenvalue weighted by molar-refractivity contribution is 7.22. The van der Waals surface area contributed by atoms with Crippen molar-refractivity contribution in [3.63, 3.8) is 0 Å². The van der Waals surface area contributed by atoms with E-state index in [1.54, 1.807) is 0 Å². The normalized spacial score (nSPS) is 11.2. The molecular weight excluding hydrogens is 340 g/mol. The van der Waals surface area contributed by atoms with Crippen LogP contribution in [0.2, 0.25) is 5.02 Å². The molecule has 0 aliphatic rings. The van der Waals surface area contributed by atoms with Gasteiger partial charge in [-0.2, -0.15) is 0 Å². The monoisotopic (exact) mass is 358 g/mol. The molecule has 5 heteroatoms. The molecule has 0 saturated heterocycles. The fraction of sp³-hybridized carbons (Fsp3) is 0.263. The van der Waals surface area contributed by atoms with E-state index in [9.17, 15) is 4.79 Å². The smallest absolute Gasteiger partial charge is 0.230 e. The lowest BCUT2D eigenvalue weighted by molar-refractivity contribution is -0.115. The Balaban J connectivity index is 1.71. The van der Waals surface area contributed by atoms with Gasteiger partial charge in [0, 0.05) is 5.02 Å². The summed E-state index contributed by atoms with van der Waals surface area (Å²) in [5.74, 6) is 0.431. The summed E-state index contributed by atoms with van der Waals surface area (Å²) in [5.41, 5.74) is 4.18. The van der Waals surface area contributed by atoms with E-state index in [1.165, 1.54) is 16.9 Å². The van der Waals surface area contributed by atoms with Crippen molar-refractivity contribution >= 4 is 44.2 Å². The van der Waals surface area contributed by atoms with Crippen molar-refractivity contribution in [2.75, 3.05) is 5.32 Å². The first-order valence-electron chi connectivity index (χ1n) is 7.88. The van der Waals surface area contributed by atoms with Gasteiger partial charge in [-0.3, -0.25) is 4.79 Å². The number of nitrogens with zero attached hydrogens (tertiary/aromatic N) is 1. The van der Waals surface area contributed by atoms with E-state index < -0.39 is 0 Å². The second-order valence-corrected chi connectivity index (χ2v) is 7.68. The number of fused-ring (bicyclic) bond motifs is 1. The van der Waals surface area contributed by atoms with E-state index in [0.29, 0.717) is 22.5 Å². The summed E-state index contributed by atoms with van der Waals surface area (Å²) in [5, 5.41) is 4.19. The molecular formula is C19H19ClN2OS. The average Bonchev–Trinajstić information content (AvgIpc) is 2.90. The molecule has 1 heterocycles. The molecule has 0 spiro atoms. The summed E-state index contributed by atoms with van der Waals surface area (Å²) in [6.45, 7) is 6.28. The standard InChI is InChI=1S/C19H19ClN2OS/c1-11(2)14-6-4-13(5-7-14)9-17(23)21-19-22-18-12(3)8-15(20)10-16(18)24-19/h4-8,10-11H,9H2,1-3H3,(H,21,22,23). The Kier molecular flexibility index (Phi) is 4.88. The number of thiazole rings is 1. The van der Waals surface area contributed by atoms with Gasteiger partial charge in [-0.15, -0.1) is 0 Å². The summed E-state index contributed by atoms with van der Waals surface area (Å²) in [6, 6.07) is 11.9. The summed E-state index contributed by atoms with van der Waals surface area (Å²) in [4.78, 5) is 16.8. The minimum atomic E-state index is -0.0601. The zero-order chi connectivity index (χ0) is 17.3. The average molecular weight is 359 g/mol. The summed E-state index contributed by atoms with van der Waals surface area (Å²) in [6.07, 6.45) is 0.341. The SMILES string of the molecule is Cc1cc(Cl)cc2sc(NC(=O)Cc3ccc(C(C)C)cc3)nc12. The van der Waals surface area contributed by atoms with Gasteiger partial charge in [-0.1, -0.05) is 61.1 Å². The van der Waals surface area contributed by atoms with E-state index in [0.717, 1.165) is 21.3 Å². The predicted octanol–water partition coefficient (Wildman–Crippen LogP) is 5.56. The van der Waals surface area contributed by atoms with E-state index in [2.05, 4.69) is 36.3 Å². The molecule has 0 fully saturated rings. The first-order chi connectivity index (χ1) is 11.4. The summed E-state index contributed by atoms with van der Waals surface area (Å²) in [7, 11) is 0. The Hall–Kier alpha value is -1.91. The van der Waals surface area contributed by atoms with Gasteiger partial charge in [-0.25, -0.2) is 4.98 Å². The van der Waals surface area contributed by atoms with Gasteiger partial charge in [-0.05, 0) is 41.7 Å². The number of amides is 1. The Labute approximate surface area is 150 Å². The third-order valence-electron chi connectivity index (χ3n) is 3.91. The van der Waals surface area contributed by atoms with Crippen LogP contribution in [0, 0.1) is 6.92 Å². The van der Waals surface area contributed by atoms with Crippen LogP contribution in [0.25, 0.3) is 10.2 Å². The van der Waals surface area contributed by atoms with Crippen LogP contribution < -0.4 is 5.32 Å². The maximum Gasteiger partial charge on any atom is 0.230 e. The van der Waals surface area contributed by atoms with Crippen LogP contribution in [0.4, 0.5) is 5.13 Å². The number of hydrogen-bond acceptors (Lipinski definition) is 3. The van der Waals surface area contributed by atoms with Crippen LogP contribution in [0.5, 0.6) is 0 Å². The third kappa shape index (κ3) is 3.77. The van der Waals surface area contributed by atoms with Crippen molar-refractivity contribution in [1.29, 1.82) is 0 Å². The van der Waals surface area contributed by atoms with Crippen LogP contribution >= 0.6 is 22.9 Å². The van der Waals surface area contributed by atoms with Gasteiger partial charge in [0.15, 0.2) is 5.13 Å². The molecule has 0 aliphatic heterocycles. The molecule has 0 bridgehead atoms. The molecule has 0 saturated carbocycles. The van der Waals surface area contributed by atoms with Crippen LogP contribution in [0.1, 0.15) is 36.5 Å². The lowest BCUT2D eigenvalue weighted by Gasteiger charge is -2.06. The van der Waals surface area contributed by atoms with E-state index >= 15 is 0 Å². The molecule has 0 atom stereocenters. The lowest BCUT2D eigenvalue weighted by Crippen LogP contribution is -2.14. The number of aryl methyl sites for hydroxylation is 1. The Bertz CT molecular complexity index is 884. The Morgan fingerprint density at radius 3 is 2.62 bits per heavy atom. The molecule has 3 nitrogen and oxygen atoms in total. The summed E-state index contributed by atoms with van der Waals surface area (Å²) < 4.78 is 0.983. The van der Waals surface area contributed by atoms with Crippen molar-refractivity contribution in [3.8, 4) is 0 Å². The van der Waals surface area contributed by atoms with Crippen molar-refractivity contribution in [3.05, 3.63) is 58.1 Å². The number of carbonyl (C=O) groups is 1. The number of hydrogen-bond donors (Lipinski definition) is 1. The Morgan fingerprint density at radius 2 is 1.96 bits per heavy atom. The highest BCUT2D eigenvalue weighted by atomic mass is 35.5. The number of carbonyl (C=O) groups excluding carboxylic acids is 1. The Morgan fingerprint density at radius 1 is 1.25 bits per heavy atom. The first kappa shape index (κ1) is 16.9. The molecule has 0 radical (unpaired) electrons. The van der Waals surface area contributed by atoms with Crippen molar-refractivity contribution < 1.29 is 4.79 Å². The topological polar surface area (TPSA) is 42.0 Å². The quantitative estimate of drug-likeness (QED) is 0.663. The molecule has 2 aromatic carbocycles. The van der Waals surface area contributed by atoms with Gasteiger partial charge in [0.2, 0.25) is 5.91 Å². The second-order valence-electron chi connectivity index (χ2n) is 6.21. The molecule has 1 amide bonds. The highest BCUT2D eigenvalue weighted by Gasteiger charge is 2.11. The molecule has 3 aromatic rings. The second kappa shape index (κ2) is 6.91. The van der Waals surface area contributed by atoms with E-state index in [4.69, 9.17) is 11.6 Å². The lowest BCUT2D eigenvalue weighted by atomic mass is 10.0. The minimum Gasteiger partial charge on any atom is -0.302 e. The van der Waals surface area contributed by atoms with E-state index in [-0.39, 0.29) is 5.91 Å². The maximum atomic E-state index is 12.3. The fourth-order valence-corrected chi connectivity index (χ4v) is 3.91. The van der Waals surface area contributed by atoms with Crippen LogP contribution in [-0.4, -0.2) is 10.9 Å². The van der Waals surface area contributed by atoms with Crippen molar-refractivity contribution in [1.82, 2.24) is 4.98 Å². The third-order valence-corrected chi connectivity index (χ3v) is 5.04. The van der Waals surface area contributed by atoms with Crippen LogP contribution in [-0.2, 0) is 11.2 Å². The van der Waals surface area contributed by atoms with Gasteiger partial charge in [0.25, 0.3) is 0 Å². The predicted molar refractivity (Wildman–Crippen MR) is 102 cm³/mol. The fourth-order valence-electron chi connectivity index (χ4n) is 2.58. The highest BCUT2D eigenvalue weighted by Crippen LogP contribution is 2.31. The number of aromatic nitrogens is 1. The van der Waals surface area contributed by atoms with Gasteiger partial charge >= 0.3 is 0 Å². The molecule has 124 valence electrons. The summed E-state index contributed by atoms with van der Waals surface area (Å²) >= 11 is 7.52. The van der Waals surface area contributed by atoms with Crippen LogP contribution in [0.15, 0.2) is 36.4 Å². The van der Waals surface area contributed by atoms with Gasteiger partial charge in [0.05, 0.1) is 16.6 Å².